The van der Waals surface area contributed by atoms with E-state index in [1.54, 1.807) is 13.2 Å². The maximum absolute atomic E-state index is 13.8. The van der Waals surface area contributed by atoms with E-state index in [9.17, 15) is 4.39 Å². The predicted octanol–water partition coefficient (Wildman–Crippen LogP) is 2.05. The monoisotopic (exact) mass is 266 g/mol. The molecule has 1 aromatic rings. The average Bonchev–Trinajstić information content (AvgIpc) is 2.85. The zero-order chi connectivity index (χ0) is 13.7. The molecular formula is C15H23FN2O. The van der Waals surface area contributed by atoms with E-state index in [-0.39, 0.29) is 11.9 Å². The number of nitrogens with zero attached hydrogens (tertiary/aromatic N) is 1. The van der Waals surface area contributed by atoms with Crippen LogP contribution in [0.15, 0.2) is 24.3 Å². The fourth-order valence-electron chi connectivity index (χ4n) is 2.81. The van der Waals surface area contributed by atoms with Gasteiger partial charge in [0.15, 0.2) is 0 Å². The molecular weight excluding hydrogens is 243 g/mol. The molecule has 0 spiro atoms. The van der Waals surface area contributed by atoms with Gasteiger partial charge < -0.3 is 15.0 Å². The van der Waals surface area contributed by atoms with Crippen LogP contribution >= 0.6 is 0 Å². The molecule has 4 heteroatoms. The quantitative estimate of drug-likeness (QED) is 0.853. The number of ether oxygens (including phenoxy) is 1. The maximum atomic E-state index is 13.8. The van der Waals surface area contributed by atoms with Crippen LogP contribution in [0, 0.1) is 11.7 Å². The van der Waals surface area contributed by atoms with Gasteiger partial charge in [-0.25, -0.2) is 4.39 Å². The summed E-state index contributed by atoms with van der Waals surface area (Å²) in [5, 5.41) is 3.22. The molecule has 2 unspecified atom stereocenters. The predicted molar refractivity (Wildman–Crippen MR) is 74.6 cm³/mol. The lowest BCUT2D eigenvalue weighted by molar-refractivity contribution is 0.152. The van der Waals surface area contributed by atoms with Crippen molar-refractivity contribution >= 4 is 0 Å². The van der Waals surface area contributed by atoms with Gasteiger partial charge in [0.1, 0.15) is 5.82 Å². The summed E-state index contributed by atoms with van der Waals surface area (Å²) in [5.74, 6) is 0.484. The lowest BCUT2D eigenvalue weighted by Crippen LogP contribution is -2.33. The third-order valence-electron chi connectivity index (χ3n) is 3.84. The summed E-state index contributed by atoms with van der Waals surface area (Å²) in [6.07, 6.45) is 1.17. The van der Waals surface area contributed by atoms with Crippen LogP contribution in [0.25, 0.3) is 0 Å². The van der Waals surface area contributed by atoms with Crippen molar-refractivity contribution in [3.63, 3.8) is 0 Å². The molecule has 1 N–H and O–H groups in total. The molecule has 1 heterocycles. The second-order valence-electron chi connectivity index (χ2n) is 5.23. The Morgan fingerprint density at radius 3 is 2.95 bits per heavy atom. The highest BCUT2D eigenvalue weighted by molar-refractivity contribution is 5.21. The smallest absolute Gasteiger partial charge is 0.128 e. The summed E-state index contributed by atoms with van der Waals surface area (Å²) in [7, 11) is 3.64. The normalized spacial score (nSPS) is 21.7. The van der Waals surface area contributed by atoms with Gasteiger partial charge in [-0.1, -0.05) is 18.2 Å². The van der Waals surface area contributed by atoms with Crippen LogP contribution in [0.4, 0.5) is 4.39 Å². The van der Waals surface area contributed by atoms with Gasteiger partial charge in [-0.15, -0.1) is 0 Å². The van der Waals surface area contributed by atoms with Gasteiger partial charge in [-0.05, 0) is 32.0 Å². The third kappa shape index (κ3) is 3.75. The number of rotatable bonds is 6. The first-order chi connectivity index (χ1) is 9.24. The van der Waals surface area contributed by atoms with Crippen molar-refractivity contribution in [3.8, 4) is 0 Å². The Morgan fingerprint density at radius 1 is 1.47 bits per heavy atom. The Hall–Kier alpha value is -0.970. The SMILES string of the molecule is CNC(CN1CCC(COC)C1)c1ccccc1F. The second kappa shape index (κ2) is 6.98. The molecule has 0 amide bonds. The van der Waals surface area contributed by atoms with Gasteiger partial charge in [0.05, 0.1) is 6.61 Å². The highest BCUT2D eigenvalue weighted by Crippen LogP contribution is 2.22. The van der Waals surface area contributed by atoms with E-state index in [4.69, 9.17) is 4.74 Å². The molecule has 0 aromatic heterocycles. The zero-order valence-corrected chi connectivity index (χ0v) is 11.7. The highest BCUT2D eigenvalue weighted by atomic mass is 19.1. The Labute approximate surface area is 114 Å². The summed E-state index contributed by atoms with van der Waals surface area (Å²) in [6, 6.07) is 7.05. The first-order valence-electron chi connectivity index (χ1n) is 6.87. The van der Waals surface area contributed by atoms with Crippen LogP contribution in [0.3, 0.4) is 0 Å². The topological polar surface area (TPSA) is 24.5 Å². The first-order valence-corrected chi connectivity index (χ1v) is 6.87. The number of hydrogen-bond acceptors (Lipinski definition) is 3. The Morgan fingerprint density at radius 2 is 2.26 bits per heavy atom. The Bertz CT molecular complexity index is 399. The summed E-state index contributed by atoms with van der Waals surface area (Å²) in [4.78, 5) is 2.39. The summed E-state index contributed by atoms with van der Waals surface area (Å²) < 4.78 is 19.0. The number of methoxy groups -OCH3 is 1. The summed E-state index contributed by atoms with van der Waals surface area (Å²) in [5.41, 5.74) is 0.750. The fraction of sp³-hybridized carbons (Fsp3) is 0.600. The number of nitrogens with one attached hydrogen (secondary N) is 1. The lowest BCUT2D eigenvalue weighted by atomic mass is 10.1. The molecule has 1 saturated heterocycles. The van der Waals surface area contributed by atoms with Crippen LogP contribution < -0.4 is 5.32 Å². The Balaban J connectivity index is 1.95. The molecule has 3 nitrogen and oxygen atoms in total. The zero-order valence-electron chi connectivity index (χ0n) is 11.7. The van der Waals surface area contributed by atoms with Crippen molar-refractivity contribution in [2.45, 2.75) is 12.5 Å². The number of likely N-dealkylation sites (N-methyl/N-ethyl adjacent to an activating group) is 1. The molecule has 0 saturated carbocycles. The molecule has 19 heavy (non-hydrogen) atoms. The van der Waals surface area contributed by atoms with Crippen LogP contribution in [0.1, 0.15) is 18.0 Å². The number of hydrogen-bond donors (Lipinski definition) is 1. The van der Waals surface area contributed by atoms with Crippen molar-refractivity contribution < 1.29 is 9.13 Å². The standard InChI is InChI=1S/C15H23FN2O/c1-17-15(13-5-3-4-6-14(13)16)10-18-8-7-12(9-18)11-19-2/h3-6,12,15,17H,7-11H2,1-2H3. The average molecular weight is 266 g/mol. The van der Waals surface area contributed by atoms with E-state index in [1.807, 2.05) is 19.2 Å². The molecule has 1 fully saturated rings. The minimum Gasteiger partial charge on any atom is -0.384 e. The van der Waals surface area contributed by atoms with E-state index in [2.05, 4.69) is 10.2 Å². The van der Waals surface area contributed by atoms with Crippen molar-refractivity contribution in [2.75, 3.05) is 40.4 Å². The van der Waals surface area contributed by atoms with Crippen molar-refractivity contribution in [2.24, 2.45) is 5.92 Å². The van der Waals surface area contributed by atoms with Crippen molar-refractivity contribution in [3.05, 3.63) is 35.6 Å². The van der Waals surface area contributed by atoms with Gasteiger partial charge in [-0.3, -0.25) is 0 Å². The van der Waals surface area contributed by atoms with Crippen molar-refractivity contribution in [1.29, 1.82) is 0 Å². The van der Waals surface area contributed by atoms with E-state index < -0.39 is 0 Å². The fourth-order valence-corrected chi connectivity index (χ4v) is 2.81. The number of benzene rings is 1. The van der Waals surface area contributed by atoms with Crippen LogP contribution in [-0.2, 0) is 4.74 Å². The molecule has 106 valence electrons. The molecule has 1 aromatic carbocycles. The van der Waals surface area contributed by atoms with Gasteiger partial charge in [0, 0.05) is 31.8 Å². The van der Waals surface area contributed by atoms with E-state index >= 15 is 0 Å². The molecule has 0 aliphatic carbocycles. The molecule has 1 aliphatic rings. The minimum atomic E-state index is -0.130. The van der Waals surface area contributed by atoms with Gasteiger partial charge in [-0.2, -0.15) is 0 Å². The molecule has 2 rings (SSSR count). The second-order valence-corrected chi connectivity index (χ2v) is 5.23. The molecule has 2 atom stereocenters. The molecule has 0 radical (unpaired) electrons. The van der Waals surface area contributed by atoms with Crippen LogP contribution in [0.5, 0.6) is 0 Å². The first kappa shape index (κ1) is 14.4. The Kier molecular flexibility index (Phi) is 5.31. The maximum Gasteiger partial charge on any atom is 0.128 e. The number of halogens is 1. The highest BCUT2D eigenvalue weighted by Gasteiger charge is 2.25. The van der Waals surface area contributed by atoms with E-state index in [0.717, 1.165) is 31.8 Å². The van der Waals surface area contributed by atoms with E-state index in [0.29, 0.717) is 5.92 Å². The van der Waals surface area contributed by atoms with Gasteiger partial charge >= 0.3 is 0 Å². The van der Waals surface area contributed by atoms with Crippen LogP contribution in [0.2, 0.25) is 0 Å². The van der Waals surface area contributed by atoms with Gasteiger partial charge in [0.25, 0.3) is 0 Å². The van der Waals surface area contributed by atoms with Crippen LogP contribution in [-0.4, -0.2) is 45.3 Å². The molecule has 1 aliphatic heterocycles. The van der Waals surface area contributed by atoms with E-state index in [1.165, 1.54) is 12.5 Å². The largest absolute Gasteiger partial charge is 0.384 e. The third-order valence-corrected chi connectivity index (χ3v) is 3.84. The van der Waals surface area contributed by atoms with Gasteiger partial charge in [0.2, 0.25) is 0 Å². The lowest BCUT2D eigenvalue weighted by Gasteiger charge is -2.24. The minimum absolute atomic E-state index is 0.0440. The summed E-state index contributed by atoms with van der Waals surface area (Å²) >= 11 is 0. The number of likely N-dealkylation sites (tertiary alicyclic amines) is 1. The van der Waals surface area contributed by atoms with Crippen molar-refractivity contribution in [1.82, 2.24) is 10.2 Å². The molecule has 0 bridgehead atoms. The summed E-state index contributed by atoms with van der Waals surface area (Å²) in [6.45, 7) is 3.78.